The third-order valence-electron chi connectivity index (χ3n) is 6.97. The fourth-order valence-corrected chi connectivity index (χ4v) is 5.76. The topological polar surface area (TPSA) is 105 Å². The minimum atomic E-state index is -1.09. The molecular formula is C36H32N2O5S. The molecule has 5 aromatic rings. The molecule has 0 aromatic heterocycles. The van der Waals surface area contributed by atoms with E-state index in [4.69, 9.17) is 4.74 Å². The fraction of sp³-hybridized carbons (Fsp3) is 0.139. The highest BCUT2D eigenvalue weighted by molar-refractivity contribution is 8.00. The Hall–Kier alpha value is -5.08. The Bertz CT molecular complexity index is 1750. The van der Waals surface area contributed by atoms with Crippen molar-refractivity contribution in [3.05, 3.63) is 132 Å². The van der Waals surface area contributed by atoms with Gasteiger partial charge in [-0.3, -0.25) is 9.59 Å². The number of carboxylic acid groups (broad SMARTS) is 1. The minimum Gasteiger partial charge on any atom is -0.494 e. The van der Waals surface area contributed by atoms with Gasteiger partial charge in [0.05, 0.1) is 12.2 Å². The standard InChI is InChI=1S/C36H32N2O5S/c1-2-3-23-43-28-19-15-26(16-20-28)38-35(40)33(25-9-5-4-6-10-25)44-29-21-17-27(18-22-29)37-34(39)30-13-7-11-24-12-8-14-31(32(24)30)36(41)42/h4-22,33H,2-3,23H2,1H3,(H,37,39)(H,38,40)(H,41,42). The smallest absolute Gasteiger partial charge is 0.336 e. The molecule has 0 radical (unpaired) electrons. The second-order valence-electron chi connectivity index (χ2n) is 10.1. The lowest BCUT2D eigenvalue weighted by molar-refractivity contribution is -0.115. The summed E-state index contributed by atoms with van der Waals surface area (Å²) in [6.07, 6.45) is 2.05. The summed E-state index contributed by atoms with van der Waals surface area (Å²) in [5.74, 6) is -0.903. The van der Waals surface area contributed by atoms with Gasteiger partial charge in [0.1, 0.15) is 11.0 Å². The molecule has 0 saturated heterocycles. The van der Waals surface area contributed by atoms with Crippen LogP contribution in [0.4, 0.5) is 11.4 Å². The molecular weight excluding hydrogens is 572 g/mol. The van der Waals surface area contributed by atoms with Gasteiger partial charge in [-0.25, -0.2) is 4.79 Å². The number of nitrogens with one attached hydrogen (secondary N) is 2. The minimum absolute atomic E-state index is 0.0708. The third-order valence-corrected chi connectivity index (χ3v) is 8.24. The molecule has 1 atom stereocenters. The van der Waals surface area contributed by atoms with Gasteiger partial charge in [0.25, 0.3) is 5.91 Å². The molecule has 0 heterocycles. The van der Waals surface area contributed by atoms with Crippen LogP contribution in [-0.4, -0.2) is 29.5 Å². The van der Waals surface area contributed by atoms with Crippen molar-refractivity contribution in [2.24, 2.45) is 0 Å². The predicted octanol–water partition coefficient (Wildman–Crippen LogP) is 8.44. The molecule has 0 aliphatic rings. The summed E-state index contributed by atoms with van der Waals surface area (Å²) in [7, 11) is 0. The molecule has 0 fully saturated rings. The number of ether oxygens (including phenoxy) is 1. The quantitative estimate of drug-likeness (QED) is 0.0975. The molecule has 7 nitrogen and oxygen atoms in total. The van der Waals surface area contributed by atoms with Crippen LogP contribution in [-0.2, 0) is 4.79 Å². The Morgan fingerprint density at radius 3 is 2.05 bits per heavy atom. The number of aromatic carboxylic acids is 1. The highest BCUT2D eigenvalue weighted by Crippen LogP contribution is 2.37. The molecule has 5 rings (SSSR count). The number of hydrogen-bond donors (Lipinski definition) is 3. The lowest BCUT2D eigenvalue weighted by Crippen LogP contribution is -2.19. The van der Waals surface area contributed by atoms with Crippen molar-refractivity contribution < 1.29 is 24.2 Å². The van der Waals surface area contributed by atoms with E-state index < -0.39 is 17.1 Å². The van der Waals surface area contributed by atoms with E-state index in [1.54, 1.807) is 42.5 Å². The molecule has 0 saturated carbocycles. The second-order valence-corrected chi connectivity index (χ2v) is 11.3. The SMILES string of the molecule is CCCCOc1ccc(NC(=O)C(Sc2ccc(NC(=O)c3cccc4cccc(C(=O)O)c34)cc2)c2ccccc2)cc1. The molecule has 0 bridgehead atoms. The second kappa shape index (κ2) is 14.4. The zero-order valence-corrected chi connectivity index (χ0v) is 25.0. The summed E-state index contributed by atoms with van der Waals surface area (Å²) in [5.41, 5.74) is 2.43. The molecule has 0 aliphatic heterocycles. The summed E-state index contributed by atoms with van der Waals surface area (Å²) in [5, 5.41) is 16.1. The molecule has 44 heavy (non-hydrogen) atoms. The average Bonchev–Trinajstić information content (AvgIpc) is 3.05. The maximum absolute atomic E-state index is 13.5. The van der Waals surface area contributed by atoms with E-state index in [-0.39, 0.29) is 17.0 Å². The molecule has 2 amide bonds. The van der Waals surface area contributed by atoms with E-state index in [9.17, 15) is 19.5 Å². The van der Waals surface area contributed by atoms with Crippen LogP contribution in [0.15, 0.2) is 120 Å². The summed E-state index contributed by atoms with van der Waals surface area (Å²) >= 11 is 1.40. The van der Waals surface area contributed by atoms with Gasteiger partial charge < -0.3 is 20.5 Å². The molecule has 8 heteroatoms. The van der Waals surface area contributed by atoms with Crippen molar-refractivity contribution in [2.75, 3.05) is 17.2 Å². The number of amides is 2. The summed E-state index contributed by atoms with van der Waals surface area (Å²) in [6.45, 7) is 2.77. The number of carbonyl (C=O) groups is 3. The first-order valence-electron chi connectivity index (χ1n) is 14.3. The zero-order valence-electron chi connectivity index (χ0n) is 24.2. The number of carboxylic acids is 1. The Kier molecular flexibility index (Phi) is 9.94. The van der Waals surface area contributed by atoms with Crippen LogP contribution >= 0.6 is 11.8 Å². The number of benzene rings is 5. The maximum atomic E-state index is 13.5. The van der Waals surface area contributed by atoms with E-state index in [2.05, 4.69) is 17.6 Å². The van der Waals surface area contributed by atoms with Gasteiger partial charge in [-0.2, -0.15) is 0 Å². The van der Waals surface area contributed by atoms with Gasteiger partial charge in [0.2, 0.25) is 5.91 Å². The first-order chi connectivity index (χ1) is 21.4. The van der Waals surface area contributed by atoms with Crippen molar-refractivity contribution in [3.8, 4) is 5.75 Å². The number of hydrogen-bond acceptors (Lipinski definition) is 5. The van der Waals surface area contributed by atoms with E-state index in [0.29, 0.717) is 28.8 Å². The fourth-order valence-electron chi connectivity index (χ4n) is 4.74. The van der Waals surface area contributed by atoms with Crippen molar-refractivity contribution >= 4 is 51.7 Å². The van der Waals surface area contributed by atoms with Crippen molar-refractivity contribution in [3.63, 3.8) is 0 Å². The molecule has 0 spiro atoms. The van der Waals surface area contributed by atoms with Crippen LogP contribution in [0.1, 0.15) is 51.3 Å². The molecule has 222 valence electrons. The van der Waals surface area contributed by atoms with Crippen LogP contribution in [0.3, 0.4) is 0 Å². The van der Waals surface area contributed by atoms with Gasteiger partial charge in [-0.1, -0.05) is 67.9 Å². The number of fused-ring (bicyclic) bond motifs is 1. The predicted molar refractivity (Wildman–Crippen MR) is 176 cm³/mol. The Balaban J connectivity index is 1.30. The Morgan fingerprint density at radius 2 is 1.39 bits per heavy atom. The molecule has 3 N–H and O–H groups in total. The molecule has 0 aliphatic carbocycles. The number of carbonyl (C=O) groups excluding carboxylic acids is 2. The van der Waals surface area contributed by atoms with Crippen molar-refractivity contribution in [1.29, 1.82) is 0 Å². The van der Waals surface area contributed by atoms with Crippen molar-refractivity contribution in [2.45, 2.75) is 29.9 Å². The summed E-state index contributed by atoms with van der Waals surface area (Å²) < 4.78 is 5.73. The molecule has 5 aromatic carbocycles. The van der Waals surface area contributed by atoms with Gasteiger partial charge in [0.15, 0.2) is 0 Å². The Morgan fingerprint density at radius 1 is 0.750 bits per heavy atom. The van der Waals surface area contributed by atoms with Crippen molar-refractivity contribution in [1.82, 2.24) is 0 Å². The lowest BCUT2D eigenvalue weighted by Gasteiger charge is -2.18. The van der Waals surface area contributed by atoms with E-state index in [1.807, 2.05) is 66.7 Å². The first kappa shape index (κ1) is 30.4. The summed E-state index contributed by atoms with van der Waals surface area (Å²) in [6, 6.07) is 34.2. The van der Waals surface area contributed by atoms with Crippen LogP contribution in [0, 0.1) is 0 Å². The Labute approximate surface area is 260 Å². The highest BCUT2D eigenvalue weighted by atomic mass is 32.2. The average molecular weight is 605 g/mol. The van der Waals surface area contributed by atoms with E-state index in [0.717, 1.165) is 29.1 Å². The largest absolute Gasteiger partial charge is 0.494 e. The third kappa shape index (κ3) is 7.46. The number of rotatable bonds is 12. The van der Waals surface area contributed by atoms with Crippen LogP contribution in [0.25, 0.3) is 10.8 Å². The number of unbranched alkanes of at least 4 members (excludes halogenated alkanes) is 1. The van der Waals surface area contributed by atoms with Gasteiger partial charge >= 0.3 is 5.97 Å². The van der Waals surface area contributed by atoms with Crippen LogP contribution in [0.5, 0.6) is 5.75 Å². The maximum Gasteiger partial charge on any atom is 0.336 e. The van der Waals surface area contributed by atoms with Crippen LogP contribution in [0.2, 0.25) is 0 Å². The number of anilines is 2. The lowest BCUT2D eigenvalue weighted by atomic mass is 9.98. The van der Waals surface area contributed by atoms with Crippen LogP contribution < -0.4 is 15.4 Å². The molecule has 1 unspecified atom stereocenters. The van der Waals surface area contributed by atoms with Gasteiger partial charge in [-0.15, -0.1) is 11.8 Å². The summed E-state index contributed by atoms with van der Waals surface area (Å²) in [4.78, 5) is 39.4. The van der Waals surface area contributed by atoms with Gasteiger partial charge in [0, 0.05) is 27.2 Å². The highest BCUT2D eigenvalue weighted by Gasteiger charge is 2.23. The number of thioether (sulfide) groups is 1. The first-order valence-corrected chi connectivity index (χ1v) is 15.2. The van der Waals surface area contributed by atoms with Gasteiger partial charge in [-0.05, 0) is 78.0 Å². The zero-order chi connectivity index (χ0) is 30.9. The monoisotopic (exact) mass is 604 g/mol. The normalized spacial score (nSPS) is 11.5. The van der Waals surface area contributed by atoms with E-state index in [1.165, 1.54) is 17.8 Å². The van der Waals surface area contributed by atoms with E-state index >= 15 is 0 Å².